The summed E-state index contributed by atoms with van der Waals surface area (Å²) in [4.78, 5) is 47.3. The number of rotatable bonds is 11. The monoisotopic (exact) mass is 444 g/mol. The summed E-state index contributed by atoms with van der Waals surface area (Å²) < 4.78 is 0. The van der Waals surface area contributed by atoms with E-state index in [-0.39, 0.29) is 23.7 Å². The molecule has 29 heavy (non-hydrogen) atoms. The Morgan fingerprint density at radius 2 is 1.59 bits per heavy atom. The normalized spacial score (nSPS) is 13.6. The van der Waals surface area contributed by atoms with Gasteiger partial charge in [-0.25, -0.2) is 4.79 Å². The van der Waals surface area contributed by atoms with Gasteiger partial charge in [0.1, 0.15) is 17.8 Å². The first-order valence-electron chi connectivity index (χ1n) is 8.53. The molecule has 7 N–H and O–H groups in total. The predicted octanol–water partition coefficient (Wildman–Crippen LogP) is -1.71. The highest BCUT2D eigenvalue weighted by atomic mass is 32.1. The van der Waals surface area contributed by atoms with Crippen LogP contribution < -0.4 is 21.7 Å². The Labute approximate surface area is 178 Å². The Morgan fingerprint density at radius 1 is 0.966 bits per heavy atom. The number of phenols is 1. The van der Waals surface area contributed by atoms with E-state index in [2.05, 4.69) is 41.2 Å². The summed E-state index contributed by atoms with van der Waals surface area (Å²) in [7, 11) is 0. The third-order valence-corrected chi connectivity index (χ3v) is 4.54. The first kappa shape index (κ1) is 24.6. The summed E-state index contributed by atoms with van der Waals surface area (Å²) in [6.45, 7) is -0.409. The SMILES string of the molecule is NC(CS)C(=O)NCC(=O)NC(CS)C(=O)NC(Cc1ccc(O)cc1)C(=O)O. The van der Waals surface area contributed by atoms with Gasteiger partial charge in [0.15, 0.2) is 0 Å². The second-order valence-electron chi connectivity index (χ2n) is 6.08. The number of carbonyl (C=O) groups excluding carboxylic acids is 3. The van der Waals surface area contributed by atoms with Gasteiger partial charge in [0.2, 0.25) is 17.7 Å². The van der Waals surface area contributed by atoms with Crippen LogP contribution in [0, 0.1) is 0 Å². The molecule has 0 heterocycles. The van der Waals surface area contributed by atoms with Crippen LogP contribution in [0.15, 0.2) is 24.3 Å². The second-order valence-corrected chi connectivity index (χ2v) is 6.81. The van der Waals surface area contributed by atoms with E-state index < -0.39 is 48.4 Å². The van der Waals surface area contributed by atoms with Crippen LogP contribution in [0.25, 0.3) is 0 Å². The molecular weight excluding hydrogens is 420 g/mol. The smallest absolute Gasteiger partial charge is 0.326 e. The number of thiol groups is 2. The van der Waals surface area contributed by atoms with E-state index in [4.69, 9.17) is 5.73 Å². The number of aromatic hydroxyl groups is 1. The van der Waals surface area contributed by atoms with Crippen LogP contribution in [0.5, 0.6) is 5.75 Å². The maximum absolute atomic E-state index is 12.4. The summed E-state index contributed by atoms with van der Waals surface area (Å²) in [5.74, 6) is -3.18. The van der Waals surface area contributed by atoms with Gasteiger partial charge < -0.3 is 31.9 Å². The number of hydrogen-bond acceptors (Lipinski definition) is 8. The van der Waals surface area contributed by atoms with Crippen molar-refractivity contribution in [3.05, 3.63) is 29.8 Å². The highest BCUT2D eigenvalue weighted by Crippen LogP contribution is 2.11. The van der Waals surface area contributed by atoms with Crippen LogP contribution in [0.1, 0.15) is 5.56 Å². The minimum absolute atomic E-state index is 0.0216. The van der Waals surface area contributed by atoms with Gasteiger partial charge in [0.05, 0.1) is 12.6 Å². The first-order chi connectivity index (χ1) is 13.7. The fourth-order valence-electron chi connectivity index (χ4n) is 2.16. The molecule has 3 amide bonds. The molecule has 0 aromatic heterocycles. The zero-order chi connectivity index (χ0) is 22.0. The summed E-state index contributed by atoms with van der Waals surface area (Å²) in [5.41, 5.74) is 6.06. The molecule has 0 saturated heterocycles. The lowest BCUT2D eigenvalue weighted by molar-refractivity contribution is -0.142. The van der Waals surface area contributed by atoms with Crippen molar-refractivity contribution in [1.29, 1.82) is 0 Å². The molecule has 0 aliphatic carbocycles. The third kappa shape index (κ3) is 8.62. The van der Waals surface area contributed by atoms with Crippen molar-refractivity contribution < 1.29 is 29.4 Å². The van der Waals surface area contributed by atoms with Crippen molar-refractivity contribution >= 4 is 48.9 Å². The zero-order valence-electron chi connectivity index (χ0n) is 15.4. The maximum atomic E-state index is 12.4. The van der Waals surface area contributed by atoms with Crippen molar-refractivity contribution in [2.75, 3.05) is 18.1 Å². The van der Waals surface area contributed by atoms with Gasteiger partial charge in [-0.15, -0.1) is 0 Å². The summed E-state index contributed by atoms with van der Waals surface area (Å²) >= 11 is 7.88. The number of aliphatic carboxylic acids is 1. The Balaban J connectivity index is 2.64. The van der Waals surface area contributed by atoms with Crippen molar-refractivity contribution in [2.24, 2.45) is 5.73 Å². The molecule has 160 valence electrons. The first-order valence-corrected chi connectivity index (χ1v) is 9.79. The Bertz CT molecular complexity index is 731. The number of phenolic OH excluding ortho intramolecular Hbond substituents is 1. The molecular formula is C17H24N4O6S2. The lowest BCUT2D eigenvalue weighted by atomic mass is 10.1. The van der Waals surface area contributed by atoms with Gasteiger partial charge in [0, 0.05) is 17.9 Å². The number of nitrogens with two attached hydrogens (primary N) is 1. The zero-order valence-corrected chi connectivity index (χ0v) is 17.2. The molecule has 0 spiro atoms. The van der Waals surface area contributed by atoms with E-state index in [1.165, 1.54) is 24.3 Å². The number of benzene rings is 1. The Hall–Kier alpha value is -2.44. The van der Waals surface area contributed by atoms with E-state index in [0.717, 1.165) is 0 Å². The minimum Gasteiger partial charge on any atom is -0.508 e. The molecule has 0 bridgehead atoms. The molecule has 1 aromatic rings. The fraction of sp³-hybridized carbons (Fsp3) is 0.412. The van der Waals surface area contributed by atoms with Crippen LogP contribution in [-0.4, -0.2) is 70.1 Å². The van der Waals surface area contributed by atoms with Gasteiger partial charge in [-0.05, 0) is 17.7 Å². The number of carboxylic acid groups (broad SMARTS) is 1. The average molecular weight is 445 g/mol. The number of carbonyl (C=O) groups is 4. The molecule has 0 aliphatic rings. The molecule has 0 radical (unpaired) electrons. The van der Waals surface area contributed by atoms with Crippen molar-refractivity contribution in [1.82, 2.24) is 16.0 Å². The van der Waals surface area contributed by atoms with Gasteiger partial charge in [-0.2, -0.15) is 25.3 Å². The van der Waals surface area contributed by atoms with Crippen LogP contribution in [-0.2, 0) is 25.6 Å². The van der Waals surface area contributed by atoms with Crippen molar-refractivity contribution in [2.45, 2.75) is 24.5 Å². The van der Waals surface area contributed by atoms with Crippen LogP contribution in [0.4, 0.5) is 0 Å². The molecule has 12 heteroatoms. The highest BCUT2D eigenvalue weighted by molar-refractivity contribution is 7.80. The van der Waals surface area contributed by atoms with Crippen LogP contribution in [0.2, 0.25) is 0 Å². The van der Waals surface area contributed by atoms with Gasteiger partial charge >= 0.3 is 5.97 Å². The van der Waals surface area contributed by atoms with Crippen molar-refractivity contribution in [3.8, 4) is 5.75 Å². The fourth-order valence-corrected chi connectivity index (χ4v) is 2.58. The summed E-state index contributed by atoms with van der Waals surface area (Å²) in [5, 5.41) is 25.7. The number of hydrogen-bond donors (Lipinski definition) is 8. The maximum Gasteiger partial charge on any atom is 0.326 e. The molecule has 0 aliphatic heterocycles. The molecule has 3 unspecified atom stereocenters. The lowest BCUT2D eigenvalue weighted by Crippen LogP contribution is -2.55. The third-order valence-electron chi connectivity index (χ3n) is 3.78. The van der Waals surface area contributed by atoms with E-state index in [1.54, 1.807) is 0 Å². The van der Waals surface area contributed by atoms with Gasteiger partial charge in [-0.1, -0.05) is 12.1 Å². The van der Waals surface area contributed by atoms with E-state index in [9.17, 15) is 29.4 Å². The van der Waals surface area contributed by atoms with E-state index in [0.29, 0.717) is 5.56 Å². The van der Waals surface area contributed by atoms with Crippen molar-refractivity contribution in [3.63, 3.8) is 0 Å². The van der Waals surface area contributed by atoms with Crippen LogP contribution in [0.3, 0.4) is 0 Å². The van der Waals surface area contributed by atoms with E-state index >= 15 is 0 Å². The molecule has 10 nitrogen and oxygen atoms in total. The Morgan fingerprint density at radius 3 is 2.10 bits per heavy atom. The minimum atomic E-state index is -1.26. The van der Waals surface area contributed by atoms with Crippen LogP contribution >= 0.6 is 25.3 Å². The number of carboxylic acids is 1. The van der Waals surface area contributed by atoms with Gasteiger partial charge in [0.25, 0.3) is 0 Å². The molecule has 0 fully saturated rings. The number of amides is 3. The molecule has 1 rings (SSSR count). The standard InChI is InChI=1S/C17H24N4O6S2/c18-11(7-28)15(24)19-6-14(23)20-13(8-29)16(25)21-12(17(26)27)5-9-1-3-10(22)4-2-9/h1-4,11-13,22,28-29H,5-8,18H2,(H,19,24)(H,20,23)(H,21,25)(H,26,27). The second kappa shape index (κ2) is 12.2. The summed E-state index contributed by atoms with van der Waals surface area (Å²) in [6.07, 6.45) is -0.0216. The molecule has 3 atom stereocenters. The summed E-state index contributed by atoms with van der Waals surface area (Å²) in [6, 6.07) is 2.65. The Kier molecular flexibility index (Phi) is 10.3. The number of nitrogens with one attached hydrogen (secondary N) is 3. The van der Waals surface area contributed by atoms with E-state index in [1.807, 2.05) is 0 Å². The van der Waals surface area contributed by atoms with Gasteiger partial charge in [-0.3, -0.25) is 14.4 Å². The average Bonchev–Trinajstić information content (AvgIpc) is 2.70. The largest absolute Gasteiger partial charge is 0.508 e. The molecule has 0 saturated carbocycles. The lowest BCUT2D eigenvalue weighted by Gasteiger charge is -2.20. The molecule has 1 aromatic carbocycles. The topological polar surface area (TPSA) is 171 Å². The predicted molar refractivity (Wildman–Crippen MR) is 112 cm³/mol. The quantitative estimate of drug-likeness (QED) is 0.188. The highest BCUT2D eigenvalue weighted by Gasteiger charge is 2.26.